The van der Waals surface area contributed by atoms with E-state index in [1.165, 1.54) is 0 Å². The first-order chi connectivity index (χ1) is 6.72. The average molecular weight is 212 g/mol. The Kier molecular flexibility index (Phi) is 4.72. The molecule has 0 saturated carbocycles. The summed E-state index contributed by atoms with van der Waals surface area (Å²) in [5, 5.41) is 0. The molecule has 0 spiro atoms. The van der Waals surface area contributed by atoms with E-state index in [0.29, 0.717) is 0 Å². The lowest BCUT2D eigenvalue weighted by Crippen LogP contribution is -2.34. The number of hydrogen-bond donors (Lipinski definition) is 0. The first-order valence-corrected chi connectivity index (χ1v) is 5.10. The van der Waals surface area contributed by atoms with Gasteiger partial charge in [-0.3, -0.25) is 4.79 Å². The second kappa shape index (κ2) is 5.10. The summed E-state index contributed by atoms with van der Waals surface area (Å²) in [5.41, 5.74) is -0.396. The molecule has 0 aliphatic rings. The van der Waals surface area contributed by atoms with Crippen LogP contribution in [0.25, 0.3) is 0 Å². The van der Waals surface area contributed by atoms with Gasteiger partial charge in [0.05, 0.1) is 6.10 Å². The fraction of sp³-hybridized carbons (Fsp3) is 0.667. The van der Waals surface area contributed by atoms with Crippen molar-refractivity contribution in [3.05, 3.63) is 12.7 Å². The van der Waals surface area contributed by atoms with Gasteiger partial charge in [-0.25, -0.2) is 4.79 Å². The molecule has 0 rings (SSSR count). The van der Waals surface area contributed by atoms with E-state index in [1.54, 1.807) is 26.8 Å². The molecule has 0 aromatic heterocycles. The van der Waals surface area contributed by atoms with E-state index in [4.69, 9.17) is 4.74 Å². The van der Waals surface area contributed by atoms with Crippen LogP contribution in [0.4, 0.5) is 0 Å². The van der Waals surface area contributed by atoms with Crippen molar-refractivity contribution in [3.63, 3.8) is 0 Å². The zero-order valence-electron chi connectivity index (χ0n) is 10.2. The number of ketones is 1. The molecule has 0 N–H and O–H groups in total. The Balaban J connectivity index is 4.58. The second-order valence-electron chi connectivity index (χ2n) is 4.57. The second-order valence-corrected chi connectivity index (χ2v) is 4.57. The minimum Gasteiger partial charge on any atom is -0.457 e. The van der Waals surface area contributed by atoms with Crippen molar-refractivity contribution in [1.29, 1.82) is 0 Å². The zero-order valence-corrected chi connectivity index (χ0v) is 10.2. The van der Waals surface area contributed by atoms with Gasteiger partial charge < -0.3 is 4.74 Å². The van der Waals surface area contributed by atoms with Crippen molar-refractivity contribution in [3.8, 4) is 0 Å². The molecule has 0 unspecified atom stereocenters. The molecule has 86 valence electrons. The molecular formula is C12H20O3. The topological polar surface area (TPSA) is 43.4 Å². The molecule has 0 amide bonds. The Hall–Kier alpha value is -1.12. The number of carbonyl (C=O) groups is 2. The van der Waals surface area contributed by atoms with E-state index < -0.39 is 23.1 Å². The lowest BCUT2D eigenvalue weighted by Gasteiger charge is -2.26. The van der Waals surface area contributed by atoms with Crippen molar-refractivity contribution in [1.82, 2.24) is 0 Å². The van der Waals surface area contributed by atoms with Gasteiger partial charge in [0.2, 0.25) is 5.78 Å². The molecule has 0 aliphatic heterocycles. The number of hydrogen-bond acceptors (Lipinski definition) is 3. The predicted molar refractivity (Wildman–Crippen MR) is 59.4 cm³/mol. The molecule has 0 heterocycles. The highest BCUT2D eigenvalue weighted by Crippen LogP contribution is 2.28. The maximum atomic E-state index is 11.7. The highest BCUT2D eigenvalue weighted by atomic mass is 16.5. The first kappa shape index (κ1) is 13.9. The number of Topliss-reactive ketones (excluding diaryl/α,β-unsaturated/α-hetero) is 1. The quantitative estimate of drug-likeness (QED) is 0.399. The summed E-state index contributed by atoms with van der Waals surface area (Å²) in [4.78, 5) is 23.0. The van der Waals surface area contributed by atoms with Gasteiger partial charge >= 0.3 is 5.97 Å². The highest BCUT2D eigenvalue weighted by Gasteiger charge is 2.33. The third-order valence-electron chi connectivity index (χ3n) is 2.58. The van der Waals surface area contributed by atoms with E-state index in [1.807, 2.05) is 13.8 Å². The largest absolute Gasteiger partial charge is 0.457 e. The molecule has 0 fully saturated rings. The predicted octanol–water partition coefficient (Wildman–Crippen LogP) is 2.36. The zero-order chi connectivity index (χ0) is 12.2. The number of allylic oxidation sites excluding steroid dienone is 1. The maximum absolute atomic E-state index is 11.7. The van der Waals surface area contributed by atoms with Gasteiger partial charge in [0.15, 0.2) is 0 Å². The minimum absolute atomic E-state index is 0.263. The summed E-state index contributed by atoms with van der Waals surface area (Å²) in [6, 6.07) is 0. The van der Waals surface area contributed by atoms with Gasteiger partial charge in [0, 0.05) is 5.92 Å². The van der Waals surface area contributed by atoms with Crippen molar-refractivity contribution in [2.75, 3.05) is 0 Å². The van der Waals surface area contributed by atoms with Gasteiger partial charge in [-0.1, -0.05) is 26.8 Å². The Bertz CT molecular complexity index is 264. The molecule has 0 radical (unpaired) electrons. The Labute approximate surface area is 91.5 Å². The first-order valence-electron chi connectivity index (χ1n) is 5.10. The number of esters is 1. The van der Waals surface area contributed by atoms with Crippen molar-refractivity contribution in [2.45, 2.75) is 40.7 Å². The van der Waals surface area contributed by atoms with Crippen LogP contribution in [0.2, 0.25) is 0 Å². The molecule has 0 aromatic carbocycles. The van der Waals surface area contributed by atoms with E-state index in [9.17, 15) is 9.59 Å². The number of rotatable bonds is 5. The normalized spacial score (nSPS) is 13.5. The number of carbonyl (C=O) groups excluding carboxylic acids is 2. The SMILES string of the molecule is C=CC(C)(C)[C@@H](C)C(=O)C(=O)OC(C)C. The molecule has 0 bridgehead atoms. The molecule has 0 saturated heterocycles. The monoisotopic (exact) mass is 212 g/mol. The van der Waals surface area contributed by atoms with E-state index in [0.717, 1.165) is 0 Å². The maximum Gasteiger partial charge on any atom is 0.375 e. The van der Waals surface area contributed by atoms with Gasteiger partial charge in [-0.05, 0) is 19.3 Å². The molecule has 3 nitrogen and oxygen atoms in total. The van der Waals surface area contributed by atoms with Crippen LogP contribution in [0.3, 0.4) is 0 Å². The fourth-order valence-electron chi connectivity index (χ4n) is 0.964. The summed E-state index contributed by atoms with van der Waals surface area (Å²) < 4.78 is 4.85. The molecule has 0 aliphatic carbocycles. The lowest BCUT2D eigenvalue weighted by atomic mass is 9.78. The summed E-state index contributed by atoms with van der Waals surface area (Å²) >= 11 is 0. The van der Waals surface area contributed by atoms with E-state index in [2.05, 4.69) is 6.58 Å². The summed E-state index contributed by atoms with van der Waals surface area (Å²) in [7, 11) is 0. The minimum atomic E-state index is -0.757. The van der Waals surface area contributed by atoms with Gasteiger partial charge in [0.1, 0.15) is 0 Å². The molecule has 0 aromatic rings. The number of ether oxygens (including phenoxy) is 1. The lowest BCUT2D eigenvalue weighted by molar-refractivity contribution is -0.159. The molecule has 15 heavy (non-hydrogen) atoms. The molecule has 3 heteroatoms. The van der Waals surface area contributed by atoms with Crippen LogP contribution in [-0.4, -0.2) is 17.9 Å². The van der Waals surface area contributed by atoms with Crippen LogP contribution in [0, 0.1) is 11.3 Å². The Morgan fingerprint density at radius 2 is 1.73 bits per heavy atom. The summed E-state index contributed by atoms with van der Waals surface area (Å²) in [5.74, 6) is -1.66. The molecule has 1 atom stereocenters. The van der Waals surface area contributed by atoms with Crippen LogP contribution in [0.15, 0.2) is 12.7 Å². The summed E-state index contributed by atoms with van der Waals surface area (Å²) in [6.07, 6.45) is 1.42. The van der Waals surface area contributed by atoms with E-state index >= 15 is 0 Å². The van der Waals surface area contributed by atoms with Crippen LogP contribution < -0.4 is 0 Å². The van der Waals surface area contributed by atoms with E-state index in [-0.39, 0.29) is 6.10 Å². The molecular weight excluding hydrogens is 192 g/mol. The van der Waals surface area contributed by atoms with Gasteiger partial charge in [0.25, 0.3) is 0 Å². The Morgan fingerprint density at radius 3 is 2.07 bits per heavy atom. The van der Waals surface area contributed by atoms with Crippen molar-refractivity contribution >= 4 is 11.8 Å². The van der Waals surface area contributed by atoms with Gasteiger partial charge in [-0.15, -0.1) is 6.58 Å². The van der Waals surface area contributed by atoms with Crippen LogP contribution in [0.5, 0.6) is 0 Å². The standard InChI is InChI=1S/C12H20O3/c1-7-12(5,6)9(4)10(13)11(14)15-8(2)3/h7-9H,1H2,2-6H3/t9-/m0/s1. The fourth-order valence-corrected chi connectivity index (χ4v) is 0.964. The van der Waals surface area contributed by atoms with Gasteiger partial charge in [-0.2, -0.15) is 0 Å². The highest BCUT2D eigenvalue weighted by molar-refractivity contribution is 6.34. The summed E-state index contributed by atoms with van der Waals surface area (Å²) in [6.45, 7) is 12.5. The average Bonchev–Trinajstić information content (AvgIpc) is 2.14. The van der Waals surface area contributed by atoms with Crippen molar-refractivity contribution < 1.29 is 14.3 Å². The third kappa shape index (κ3) is 3.86. The van der Waals surface area contributed by atoms with Crippen LogP contribution in [-0.2, 0) is 14.3 Å². The van der Waals surface area contributed by atoms with Crippen molar-refractivity contribution in [2.24, 2.45) is 11.3 Å². The smallest absolute Gasteiger partial charge is 0.375 e. The Morgan fingerprint density at radius 1 is 1.27 bits per heavy atom. The van der Waals surface area contributed by atoms with Crippen LogP contribution in [0.1, 0.15) is 34.6 Å². The third-order valence-corrected chi connectivity index (χ3v) is 2.58. The van der Waals surface area contributed by atoms with Crippen LogP contribution >= 0.6 is 0 Å².